The van der Waals surface area contributed by atoms with Crippen molar-refractivity contribution in [1.29, 1.82) is 10.5 Å². The Labute approximate surface area is 123 Å². The van der Waals surface area contributed by atoms with Crippen molar-refractivity contribution in [3.8, 4) is 23.6 Å². The number of benzene rings is 2. The van der Waals surface area contributed by atoms with E-state index in [0.717, 1.165) is 22.7 Å². The number of anilines is 1. The van der Waals surface area contributed by atoms with Gasteiger partial charge in [-0.1, -0.05) is 18.2 Å². The van der Waals surface area contributed by atoms with Crippen LogP contribution < -0.4 is 10.1 Å². The van der Waals surface area contributed by atoms with E-state index in [4.69, 9.17) is 15.3 Å². The lowest BCUT2D eigenvalue weighted by molar-refractivity contribution is 0.479. The lowest BCUT2D eigenvalue weighted by Gasteiger charge is -2.09. The third-order valence-electron chi connectivity index (χ3n) is 2.80. The Kier molecular flexibility index (Phi) is 4.58. The molecule has 0 bridgehead atoms. The number of allylic oxidation sites excluding steroid dienone is 1. The SMILES string of the molecule is Cc1ccccc1Oc1ccc(NC=C(C#N)C#N)cc1. The number of rotatable bonds is 4. The Morgan fingerprint density at radius 2 is 1.71 bits per heavy atom. The second-order valence-corrected chi connectivity index (χ2v) is 4.32. The molecule has 2 rings (SSSR count). The summed E-state index contributed by atoms with van der Waals surface area (Å²) >= 11 is 0. The quantitative estimate of drug-likeness (QED) is 0.852. The summed E-state index contributed by atoms with van der Waals surface area (Å²) in [5.74, 6) is 1.54. The van der Waals surface area contributed by atoms with Crippen molar-refractivity contribution < 1.29 is 4.74 Å². The van der Waals surface area contributed by atoms with E-state index in [2.05, 4.69) is 5.32 Å². The number of ether oxygens (including phenoxy) is 1. The van der Waals surface area contributed by atoms with Crippen LogP contribution in [0.25, 0.3) is 0 Å². The predicted octanol–water partition coefficient (Wildman–Crippen LogP) is 4.13. The van der Waals surface area contributed by atoms with Crippen LogP contribution in [0.15, 0.2) is 60.3 Å². The molecular formula is C17H13N3O. The zero-order chi connectivity index (χ0) is 15.1. The fourth-order valence-electron chi connectivity index (χ4n) is 1.66. The van der Waals surface area contributed by atoms with Crippen molar-refractivity contribution in [1.82, 2.24) is 0 Å². The topological polar surface area (TPSA) is 68.8 Å². The maximum Gasteiger partial charge on any atom is 0.145 e. The Hall–Kier alpha value is -3.24. The summed E-state index contributed by atoms with van der Waals surface area (Å²) in [6.45, 7) is 1.99. The van der Waals surface area contributed by atoms with Crippen LogP contribution >= 0.6 is 0 Å². The zero-order valence-corrected chi connectivity index (χ0v) is 11.5. The molecule has 0 radical (unpaired) electrons. The molecule has 4 nitrogen and oxygen atoms in total. The standard InChI is InChI=1S/C17H13N3O/c1-13-4-2-3-5-17(13)21-16-8-6-15(7-9-16)20-12-14(10-18)11-19/h2-9,12,20H,1H3. The van der Waals surface area contributed by atoms with Crippen LogP contribution in [0, 0.1) is 29.6 Å². The largest absolute Gasteiger partial charge is 0.457 e. The van der Waals surface area contributed by atoms with Gasteiger partial charge in [0.15, 0.2) is 0 Å². The molecule has 0 heterocycles. The van der Waals surface area contributed by atoms with Gasteiger partial charge in [0, 0.05) is 11.9 Å². The predicted molar refractivity (Wildman–Crippen MR) is 80.6 cm³/mol. The van der Waals surface area contributed by atoms with Crippen LogP contribution in [-0.4, -0.2) is 0 Å². The molecule has 4 heteroatoms. The molecule has 0 saturated carbocycles. The van der Waals surface area contributed by atoms with Gasteiger partial charge in [-0.2, -0.15) is 10.5 Å². The Morgan fingerprint density at radius 3 is 2.33 bits per heavy atom. The fourth-order valence-corrected chi connectivity index (χ4v) is 1.66. The molecule has 0 atom stereocenters. The summed E-state index contributed by atoms with van der Waals surface area (Å²) in [7, 11) is 0. The molecule has 2 aromatic rings. The maximum atomic E-state index is 8.64. The molecule has 0 aliphatic rings. The Morgan fingerprint density at radius 1 is 1.05 bits per heavy atom. The monoisotopic (exact) mass is 275 g/mol. The van der Waals surface area contributed by atoms with Gasteiger partial charge in [-0.05, 0) is 42.8 Å². The maximum absolute atomic E-state index is 8.64. The number of nitrogens with one attached hydrogen (secondary N) is 1. The first-order valence-corrected chi connectivity index (χ1v) is 6.33. The van der Waals surface area contributed by atoms with Crippen molar-refractivity contribution in [3.63, 3.8) is 0 Å². The number of nitrogens with zero attached hydrogens (tertiary/aromatic N) is 2. The summed E-state index contributed by atoms with van der Waals surface area (Å²) in [5, 5.41) is 20.2. The summed E-state index contributed by atoms with van der Waals surface area (Å²) < 4.78 is 5.78. The fraction of sp³-hybridized carbons (Fsp3) is 0.0588. The van der Waals surface area contributed by atoms with E-state index < -0.39 is 0 Å². The molecule has 0 aromatic heterocycles. The van der Waals surface area contributed by atoms with E-state index in [9.17, 15) is 0 Å². The minimum Gasteiger partial charge on any atom is -0.457 e. The second-order valence-electron chi connectivity index (χ2n) is 4.32. The second kappa shape index (κ2) is 6.79. The zero-order valence-electron chi connectivity index (χ0n) is 11.5. The molecule has 0 fully saturated rings. The van der Waals surface area contributed by atoms with Crippen LogP contribution in [0.3, 0.4) is 0 Å². The normalized spacial score (nSPS) is 9.10. The molecule has 0 unspecified atom stereocenters. The molecule has 1 N–H and O–H groups in total. The van der Waals surface area contributed by atoms with Gasteiger partial charge in [-0.25, -0.2) is 0 Å². The van der Waals surface area contributed by atoms with Gasteiger partial charge in [-0.3, -0.25) is 0 Å². The van der Waals surface area contributed by atoms with E-state index in [1.807, 2.05) is 55.5 Å². The van der Waals surface area contributed by atoms with E-state index in [0.29, 0.717) is 0 Å². The minimum atomic E-state index is 0.0234. The Balaban J connectivity index is 2.07. The van der Waals surface area contributed by atoms with E-state index in [1.54, 1.807) is 12.1 Å². The average Bonchev–Trinajstić information content (AvgIpc) is 2.52. The van der Waals surface area contributed by atoms with Gasteiger partial charge in [0.1, 0.15) is 29.2 Å². The van der Waals surface area contributed by atoms with E-state index >= 15 is 0 Å². The first-order chi connectivity index (χ1) is 10.2. The van der Waals surface area contributed by atoms with Gasteiger partial charge in [-0.15, -0.1) is 0 Å². The van der Waals surface area contributed by atoms with Crippen LogP contribution in [0.4, 0.5) is 5.69 Å². The number of hydrogen-bond acceptors (Lipinski definition) is 4. The molecule has 0 spiro atoms. The van der Waals surface area contributed by atoms with Gasteiger partial charge in [0.2, 0.25) is 0 Å². The summed E-state index contributed by atoms with van der Waals surface area (Å²) in [6.07, 6.45) is 1.37. The molecule has 21 heavy (non-hydrogen) atoms. The third kappa shape index (κ3) is 3.86. The number of para-hydroxylation sites is 1. The highest BCUT2D eigenvalue weighted by Crippen LogP contribution is 2.25. The minimum absolute atomic E-state index is 0.0234. The number of aryl methyl sites for hydroxylation is 1. The average molecular weight is 275 g/mol. The van der Waals surface area contributed by atoms with E-state index in [1.165, 1.54) is 6.20 Å². The van der Waals surface area contributed by atoms with Gasteiger partial charge >= 0.3 is 0 Å². The number of nitriles is 2. The van der Waals surface area contributed by atoms with Crippen molar-refractivity contribution in [2.75, 3.05) is 5.32 Å². The highest BCUT2D eigenvalue weighted by atomic mass is 16.5. The van der Waals surface area contributed by atoms with Crippen molar-refractivity contribution in [2.24, 2.45) is 0 Å². The first-order valence-electron chi connectivity index (χ1n) is 6.33. The van der Waals surface area contributed by atoms with Crippen molar-refractivity contribution >= 4 is 5.69 Å². The lowest BCUT2D eigenvalue weighted by Crippen LogP contribution is -1.91. The van der Waals surface area contributed by atoms with Crippen LogP contribution in [0.2, 0.25) is 0 Å². The van der Waals surface area contributed by atoms with E-state index in [-0.39, 0.29) is 5.57 Å². The van der Waals surface area contributed by atoms with Gasteiger partial charge in [0.05, 0.1) is 0 Å². The van der Waals surface area contributed by atoms with Crippen molar-refractivity contribution in [2.45, 2.75) is 6.92 Å². The smallest absolute Gasteiger partial charge is 0.145 e. The molecular weight excluding hydrogens is 262 g/mol. The first kappa shape index (κ1) is 14.2. The highest BCUT2D eigenvalue weighted by molar-refractivity contribution is 5.51. The summed E-state index contributed by atoms with van der Waals surface area (Å²) in [5.41, 5.74) is 1.86. The van der Waals surface area contributed by atoms with Gasteiger partial charge in [0.25, 0.3) is 0 Å². The molecule has 0 aliphatic carbocycles. The highest BCUT2D eigenvalue weighted by Gasteiger charge is 2.00. The van der Waals surface area contributed by atoms with Crippen LogP contribution in [0.5, 0.6) is 11.5 Å². The molecule has 0 aliphatic heterocycles. The number of hydrogen-bond donors (Lipinski definition) is 1. The van der Waals surface area contributed by atoms with Crippen molar-refractivity contribution in [3.05, 3.63) is 65.9 Å². The molecule has 0 amide bonds. The summed E-state index contributed by atoms with van der Waals surface area (Å²) in [6, 6.07) is 18.6. The lowest BCUT2D eigenvalue weighted by atomic mass is 10.2. The van der Waals surface area contributed by atoms with Gasteiger partial charge < -0.3 is 10.1 Å². The summed E-state index contributed by atoms with van der Waals surface area (Å²) in [4.78, 5) is 0. The molecule has 2 aromatic carbocycles. The Bertz CT molecular complexity index is 718. The molecule has 102 valence electrons. The third-order valence-corrected chi connectivity index (χ3v) is 2.80. The molecule has 0 saturated heterocycles. The van der Waals surface area contributed by atoms with Crippen LogP contribution in [0.1, 0.15) is 5.56 Å². The van der Waals surface area contributed by atoms with Crippen LogP contribution in [-0.2, 0) is 0 Å².